The predicted octanol–water partition coefficient (Wildman–Crippen LogP) is 1.72. The third-order valence-electron chi connectivity index (χ3n) is 1.17. The molecule has 2 heteroatoms. The van der Waals surface area contributed by atoms with Gasteiger partial charge in [0.2, 0.25) is 0 Å². The molecule has 0 spiro atoms. The molecule has 1 heterocycles. The summed E-state index contributed by atoms with van der Waals surface area (Å²) in [6.07, 6.45) is 5.54. The van der Waals surface area contributed by atoms with E-state index in [1.54, 1.807) is 6.08 Å². The van der Waals surface area contributed by atoms with Crippen LogP contribution >= 0.6 is 0 Å². The summed E-state index contributed by atoms with van der Waals surface area (Å²) < 4.78 is 5.19. The number of hydrogen-bond acceptors (Lipinski definition) is 1. The molecule has 0 aliphatic heterocycles. The molecule has 0 atom stereocenters. The topological polar surface area (TPSA) is 25.0 Å². The summed E-state index contributed by atoms with van der Waals surface area (Å²) in [7, 11) is 0. The minimum absolute atomic E-state index is 0.616. The average Bonchev–Trinajstić information content (AvgIpc) is 2.41. The molecule has 0 radical (unpaired) electrons. The van der Waals surface area contributed by atoms with E-state index in [2.05, 4.69) is 11.6 Å². The van der Waals surface area contributed by atoms with Gasteiger partial charge in [-0.25, -0.2) is 0 Å². The average molecular weight is 137 g/mol. The Labute approximate surface area is 60.5 Å². The second kappa shape index (κ2) is 3.90. The molecule has 1 aromatic rings. The Morgan fingerprint density at radius 2 is 2.60 bits per heavy atom. The fourth-order valence-corrected chi connectivity index (χ4v) is 0.708. The monoisotopic (exact) mass is 137 g/mol. The first-order valence-electron chi connectivity index (χ1n) is 3.24. The molecular weight excluding hydrogens is 126 g/mol. The molecule has 1 aromatic heterocycles. The minimum atomic E-state index is 0.616. The lowest BCUT2D eigenvalue weighted by atomic mass is 10.4. The maximum absolute atomic E-state index is 5.19. The normalized spacial score (nSPS) is 9.60. The van der Waals surface area contributed by atoms with Gasteiger partial charge in [-0.15, -0.1) is 6.58 Å². The summed E-state index contributed by atoms with van der Waals surface area (Å²) in [5.74, 6) is 0. The van der Waals surface area contributed by atoms with Crippen molar-refractivity contribution < 1.29 is 4.74 Å². The van der Waals surface area contributed by atoms with Crippen LogP contribution in [0.3, 0.4) is 0 Å². The van der Waals surface area contributed by atoms with E-state index >= 15 is 0 Å². The Bertz CT molecular complexity index is 179. The van der Waals surface area contributed by atoms with Crippen molar-refractivity contribution in [3.8, 4) is 0 Å². The number of ether oxygens (including phenoxy) is 1. The van der Waals surface area contributed by atoms with Gasteiger partial charge in [0.05, 0.1) is 13.2 Å². The van der Waals surface area contributed by atoms with Crippen LogP contribution in [0.25, 0.3) is 0 Å². The Balaban J connectivity index is 2.21. The molecule has 0 aliphatic rings. The second-order valence-corrected chi connectivity index (χ2v) is 2.02. The smallest absolute Gasteiger partial charge is 0.0735 e. The van der Waals surface area contributed by atoms with Crippen molar-refractivity contribution in [2.45, 2.75) is 6.61 Å². The third-order valence-corrected chi connectivity index (χ3v) is 1.17. The molecular formula is C8H11NO. The molecule has 54 valence electrons. The van der Waals surface area contributed by atoms with Crippen molar-refractivity contribution in [2.24, 2.45) is 0 Å². The molecule has 0 bridgehead atoms. The molecule has 0 fully saturated rings. The van der Waals surface area contributed by atoms with E-state index < -0.39 is 0 Å². The highest BCUT2D eigenvalue weighted by Crippen LogP contribution is 1.97. The lowest BCUT2D eigenvalue weighted by molar-refractivity contribution is 0.149. The first-order valence-corrected chi connectivity index (χ1v) is 3.24. The Morgan fingerprint density at radius 3 is 3.20 bits per heavy atom. The van der Waals surface area contributed by atoms with Crippen molar-refractivity contribution in [3.63, 3.8) is 0 Å². The van der Waals surface area contributed by atoms with Gasteiger partial charge < -0.3 is 9.72 Å². The first kappa shape index (κ1) is 7.09. The lowest BCUT2D eigenvalue weighted by Crippen LogP contribution is -1.89. The van der Waals surface area contributed by atoms with Gasteiger partial charge in [0.15, 0.2) is 0 Å². The molecule has 0 saturated carbocycles. The van der Waals surface area contributed by atoms with Crippen LogP contribution in [0.15, 0.2) is 31.1 Å². The Hall–Kier alpha value is -1.02. The van der Waals surface area contributed by atoms with Gasteiger partial charge >= 0.3 is 0 Å². The van der Waals surface area contributed by atoms with Crippen LogP contribution in [0, 0.1) is 0 Å². The molecule has 1 rings (SSSR count). The fourth-order valence-electron chi connectivity index (χ4n) is 0.708. The van der Waals surface area contributed by atoms with Crippen LogP contribution in [-0.4, -0.2) is 11.6 Å². The van der Waals surface area contributed by atoms with Gasteiger partial charge in [0.1, 0.15) is 0 Å². The lowest BCUT2D eigenvalue weighted by Gasteiger charge is -1.95. The van der Waals surface area contributed by atoms with E-state index in [-0.39, 0.29) is 0 Å². The molecule has 10 heavy (non-hydrogen) atoms. The summed E-state index contributed by atoms with van der Waals surface area (Å²) in [6.45, 7) is 4.83. The number of aromatic nitrogens is 1. The molecule has 0 aliphatic carbocycles. The SMILES string of the molecule is C=CCOCc1cc[nH]c1. The summed E-state index contributed by atoms with van der Waals surface area (Å²) >= 11 is 0. The van der Waals surface area contributed by atoms with Crippen LogP contribution in [0.1, 0.15) is 5.56 Å². The highest BCUT2D eigenvalue weighted by atomic mass is 16.5. The molecule has 1 N–H and O–H groups in total. The van der Waals surface area contributed by atoms with E-state index in [0.717, 1.165) is 0 Å². The fraction of sp³-hybridized carbons (Fsp3) is 0.250. The van der Waals surface area contributed by atoms with Crippen molar-refractivity contribution >= 4 is 0 Å². The highest BCUT2D eigenvalue weighted by Gasteiger charge is 1.88. The van der Waals surface area contributed by atoms with E-state index in [1.165, 1.54) is 5.56 Å². The summed E-state index contributed by atoms with van der Waals surface area (Å²) in [4.78, 5) is 2.95. The molecule has 0 unspecified atom stereocenters. The van der Waals surface area contributed by atoms with Crippen LogP contribution in [0.5, 0.6) is 0 Å². The van der Waals surface area contributed by atoms with Crippen LogP contribution in [-0.2, 0) is 11.3 Å². The second-order valence-electron chi connectivity index (χ2n) is 2.02. The zero-order chi connectivity index (χ0) is 7.23. The minimum Gasteiger partial charge on any atom is -0.373 e. The maximum atomic E-state index is 5.19. The van der Waals surface area contributed by atoms with Crippen LogP contribution < -0.4 is 0 Å². The molecule has 0 amide bonds. The summed E-state index contributed by atoms with van der Waals surface area (Å²) in [6, 6.07) is 1.99. The van der Waals surface area contributed by atoms with Gasteiger partial charge in [-0.05, 0) is 11.6 Å². The molecule has 0 saturated heterocycles. The largest absolute Gasteiger partial charge is 0.373 e. The number of aromatic amines is 1. The number of hydrogen-bond donors (Lipinski definition) is 1. The summed E-state index contributed by atoms with van der Waals surface area (Å²) in [5, 5.41) is 0. The van der Waals surface area contributed by atoms with Gasteiger partial charge in [0.25, 0.3) is 0 Å². The zero-order valence-corrected chi connectivity index (χ0v) is 5.84. The molecule has 2 nitrogen and oxygen atoms in total. The summed E-state index contributed by atoms with van der Waals surface area (Å²) in [5.41, 5.74) is 1.17. The van der Waals surface area contributed by atoms with Gasteiger partial charge in [-0.1, -0.05) is 6.08 Å². The number of rotatable bonds is 4. The molecule has 0 aromatic carbocycles. The van der Waals surface area contributed by atoms with Gasteiger partial charge in [0, 0.05) is 12.4 Å². The number of nitrogens with one attached hydrogen (secondary N) is 1. The highest BCUT2D eigenvalue weighted by molar-refractivity contribution is 5.06. The van der Waals surface area contributed by atoms with Crippen molar-refractivity contribution in [3.05, 3.63) is 36.7 Å². The zero-order valence-electron chi connectivity index (χ0n) is 5.84. The Kier molecular flexibility index (Phi) is 2.77. The quantitative estimate of drug-likeness (QED) is 0.496. The van der Waals surface area contributed by atoms with Crippen LogP contribution in [0.2, 0.25) is 0 Å². The van der Waals surface area contributed by atoms with Crippen molar-refractivity contribution in [1.29, 1.82) is 0 Å². The predicted molar refractivity (Wildman–Crippen MR) is 40.6 cm³/mol. The van der Waals surface area contributed by atoms with Gasteiger partial charge in [-0.3, -0.25) is 0 Å². The van der Waals surface area contributed by atoms with E-state index in [0.29, 0.717) is 13.2 Å². The van der Waals surface area contributed by atoms with Gasteiger partial charge in [-0.2, -0.15) is 0 Å². The van der Waals surface area contributed by atoms with E-state index in [9.17, 15) is 0 Å². The van der Waals surface area contributed by atoms with Crippen LogP contribution in [0.4, 0.5) is 0 Å². The Morgan fingerprint density at radius 1 is 1.70 bits per heavy atom. The van der Waals surface area contributed by atoms with Crippen molar-refractivity contribution in [2.75, 3.05) is 6.61 Å². The first-order chi connectivity index (χ1) is 4.93. The third kappa shape index (κ3) is 2.07. The van der Waals surface area contributed by atoms with E-state index in [4.69, 9.17) is 4.74 Å². The van der Waals surface area contributed by atoms with Crippen molar-refractivity contribution in [1.82, 2.24) is 4.98 Å². The maximum Gasteiger partial charge on any atom is 0.0735 e. The number of H-pyrrole nitrogens is 1. The standard InChI is InChI=1S/C8H11NO/c1-2-5-10-7-8-3-4-9-6-8/h2-4,6,9H,1,5,7H2. The van der Waals surface area contributed by atoms with E-state index in [1.807, 2.05) is 18.5 Å².